The maximum atomic E-state index is 12.6. The average molecular weight is 391 g/mol. The molecule has 3 rings (SSSR count). The third-order valence-electron chi connectivity index (χ3n) is 5.24. The monoisotopic (exact) mass is 391 g/mol. The van der Waals surface area contributed by atoms with Crippen LogP contribution >= 0.6 is 0 Å². The normalized spacial score (nSPS) is 16.5. The van der Waals surface area contributed by atoms with Crippen LogP contribution in [-0.4, -0.2) is 29.0 Å². The molecular weight excluding hydrogens is 366 g/mol. The Morgan fingerprint density at radius 1 is 1.31 bits per heavy atom. The van der Waals surface area contributed by atoms with Gasteiger partial charge in [0.25, 0.3) is 5.91 Å². The Labute approximate surface area is 170 Å². The largest absolute Gasteiger partial charge is 0.376 e. The summed E-state index contributed by atoms with van der Waals surface area (Å²) >= 11 is 0. The van der Waals surface area contributed by atoms with Crippen molar-refractivity contribution in [3.63, 3.8) is 0 Å². The molecule has 0 bridgehead atoms. The van der Waals surface area contributed by atoms with E-state index in [1.54, 1.807) is 30.3 Å². The van der Waals surface area contributed by atoms with Crippen LogP contribution in [0.15, 0.2) is 35.9 Å². The van der Waals surface area contributed by atoms with E-state index in [9.17, 15) is 14.9 Å². The molecule has 150 valence electrons. The molecule has 0 radical (unpaired) electrons. The van der Waals surface area contributed by atoms with Crippen molar-refractivity contribution in [2.75, 3.05) is 11.9 Å². The van der Waals surface area contributed by atoms with Crippen molar-refractivity contribution in [2.24, 2.45) is 0 Å². The summed E-state index contributed by atoms with van der Waals surface area (Å²) in [6, 6.07) is 10.6. The third-order valence-corrected chi connectivity index (χ3v) is 5.24. The molecule has 1 atom stereocenters. The number of hydrogen-bond donors (Lipinski definition) is 1. The minimum atomic E-state index is -0.480. The van der Waals surface area contributed by atoms with E-state index in [4.69, 9.17) is 4.74 Å². The molecule has 1 fully saturated rings. The molecular formula is C23H25N3O3. The Bertz CT molecular complexity index is 988. The van der Waals surface area contributed by atoms with Gasteiger partial charge in [-0.15, -0.1) is 0 Å². The summed E-state index contributed by atoms with van der Waals surface area (Å²) in [6.45, 7) is 7.08. The number of aryl methyl sites for hydroxylation is 1. The fraction of sp³-hybridized carbons (Fsp3) is 0.348. The van der Waals surface area contributed by atoms with Gasteiger partial charge in [0.1, 0.15) is 11.6 Å². The first kappa shape index (κ1) is 20.6. The lowest BCUT2D eigenvalue weighted by atomic mass is 10.1. The molecule has 1 aromatic heterocycles. The van der Waals surface area contributed by atoms with Crippen LogP contribution in [0.5, 0.6) is 0 Å². The number of carbonyl (C=O) groups excluding carboxylic acids is 2. The van der Waals surface area contributed by atoms with Crippen LogP contribution in [0.3, 0.4) is 0 Å². The summed E-state index contributed by atoms with van der Waals surface area (Å²) in [5, 5.41) is 12.2. The molecule has 29 heavy (non-hydrogen) atoms. The number of ketones is 1. The molecule has 1 aliphatic rings. The number of hydrogen-bond acceptors (Lipinski definition) is 4. The predicted octanol–water partition coefficient (Wildman–Crippen LogP) is 4.03. The second-order valence-corrected chi connectivity index (χ2v) is 7.33. The van der Waals surface area contributed by atoms with Crippen LogP contribution in [0.25, 0.3) is 6.08 Å². The molecule has 0 spiro atoms. The van der Waals surface area contributed by atoms with Crippen LogP contribution in [-0.2, 0) is 16.1 Å². The maximum Gasteiger partial charge on any atom is 0.266 e. The first-order chi connectivity index (χ1) is 13.9. The van der Waals surface area contributed by atoms with Gasteiger partial charge >= 0.3 is 0 Å². The van der Waals surface area contributed by atoms with Crippen LogP contribution in [0.4, 0.5) is 5.69 Å². The summed E-state index contributed by atoms with van der Waals surface area (Å²) in [5.74, 6) is -0.522. The molecule has 2 heterocycles. The molecule has 1 N–H and O–H groups in total. The third kappa shape index (κ3) is 4.82. The van der Waals surface area contributed by atoms with E-state index in [0.717, 1.165) is 42.9 Å². The van der Waals surface area contributed by atoms with E-state index in [2.05, 4.69) is 9.88 Å². The molecule has 1 amide bonds. The highest BCUT2D eigenvalue weighted by Gasteiger charge is 2.19. The van der Waals surface area contributed by atoms with E-state index >= 15 is 0 Å². The number of nitriles is 1. The molecule has 1 aromatic carbocycles. The summed E-state index contributed by atoms with van der Waals surface area (Å²) in [4.78, 5) is 23.9. The van der Waals surface area contributed by atoms with Crippen molar-refractivity contribution in [1.29, 1.82) is 5.26 Å². The highest BCUT2D eigenvalue weighted by atomic mass is 16.5. The number of carbonyl (C=O) groups is 2. The lowest BCUT2D eigenvalue weighted by Gasteiger charge is -2.14. The fourth-order valence-electron chi connectivity index (χ4n) is 3.54. The quantitative estimate of drug-likeness (QED) is 0.458. The van der Waals surface area contributed by atoms with Gasteiger partial charge in [0.15, 0.2) is 5.78 Å². The fourth-order valence-corrected chi connectivity index (χ4v) is 3.54. The Kier molecular flexibility index (Phi) is 6.30. The Morgan fingerprint density at radius 2 is 2.03 bits per heavy atom. The van der Waals surface area contributed by atoms with Crippen LogP contribution in [0, 0.1) is 25.2 Å². The zero-order chi connectivity index (χ0) is 21.0. The Balaban J connectivity index is 1.77. The standard InChI is InChI=1S/C23H25N3O3/c1-15-11-19(16(2)26(15)14-22-5-4-10-29-22)12-20(13-24)23(28)25-21-8-6-18(7-9-21)17(3)27/h6-9,11-12,22H,4-5,10,14H2,1-3H3,(H,25,28)/b20-12+/t22-/m0/s1. The molecule has 2 aromatic rings. The zero-order valence-corrected chi connectivity index (χ0v) is 17.0. The highest BCUT2D eigenvalue weighted by molar-refractivity contribution is 6.09. The minimum Gasteiger partial charge on any atom is -0.376 e. The zero-order valence-electron chi connectivity index (χ0n) is 17.0. The number of nitrogens with zero attached hydrogens (tertiary/aromatic N) is 2. The van der Waals surface area contributed by atoms with E-state index < -0.39 is 5.91 Å². The second kappa shape index (κ2) is 8.89. The van der Waals surface area contributed by atoms with Crippen molar-refractivity contribution in [2.45, 2.75) is 46.3 Å². The highest BCUT2D eigenvalue weighted by Crippen LogP contribution is 2.22. The smallest absolute Gasteiger partial charge is 0.266 e. The SMILES string of the molecule is CC(=O)c1ccc(NC(=O)/C(C#N)=C/c2cc(C)n(C[C@@H]3CCCO3)c2C)cc1. The number of aromatic nitrogens is 1. The van der Waals surface area contributed by atoms with Gasteiger partial charge in [-0.2, -0.15) is 5.26 Å². The lowest BCUT2D eigenvalue weighted by molar-refractivity contribution is -0.112. The van der Waals surface area contributed by atoms with Crippen molar-refractivity contribution in [1.82, 2.24) is 4.57 Å². The maximum absolute atomic E-state index is 12.6. The van der Waals surface area contributed by atoms with Gasteiger partial charge < -0.3 is 14.6 Å². The molecule has 1 aliphatic heterocycles. The Morgan fingerprint density at radius 3 is 2.62 bits per heavy atom. The number of rotatable bonds is 6. The Hall–Kier alpha value is -3.17. The first-order valence-corrected chi connectivity index (χ1v) is 9.71. The summed E-state index contributed by atoms with van der Waals surface area (Å²) in [5.41, 5.74) is 4.05. The summed E-state index contributed by atoms with van der Waals surface area (Å²) < 4.78 is 7.91. The predicted molar refractivity (Wildman–Crippen MR) is 112 cm³/mol. The average Bonchev–Trinajstić information content (AvgIpc) is 3.30. The number of Topliss-reactive ketones (excluding diaryl/α,β-unsaturated/α-hetero) is 1. The molecule has 1 saturated heterocycles. The topological polar surface area (TPSA) is 84.1 Å². The number of benzene rings is 1. The van der Waals surface area contributed by atoms with Gasteiger partial charge in [-0.05, 0) is 75.6 Å². The molecule has 0 unspecified atom stereocenters. The minimum absolute atomic E-state index is 0.0259. The molecule has 6 nitrogen and oxygen atoms in total. The van der Waals surface area contributed by atoms with Crippen LogP contribution in [0.2, 0.25) is 0 Å². The van der Waals surface area contributed by atoms with Crippen molar-refractivity contribution < 1.29 is 14.3 Å². The van der Waals surface area contributed by atoms with Gasteiger partial charge in [-0.1, -0.05) is 0 Å². The summed E-state index contributed by atoms with van der Waals surface area (Å²) in [7, 11) is 0. The first-order valence-electron chi connectivity index (χ1n) is 9.71. The summed E-state index contributed by atoms with van der Waals surface area (Å²) in [6.07, 6.45) is 3.97. The van der Waals surface area contributed by atoms with Crippen molar-refractivity contribution in [3.8, 4) is 6.07 Å². The van der Waals surface area contributed by atoms with Gasteiger partial charge in [0, 0.05) is 35.8 Å². The van der Waals surface area contributed by atoms with Gasteiger partial charge in [0.2, 0.25) is 0 Å². The molecule has 6 heteroatoms. The molecule has 0 aliphatic carbocycles. The lowest BCUT2D eigenvalue weighted by Crippen LogP contribution is -2.17. The second-order valence-electron chi connectivity index (χ2n) is 7.33. The van der Waals surface area contributed by atoms with Gasteiger partial charge in [0.05, 0.1) is 6.10 Å². The number of ether oxygens (including phenoxy) is 1. The van der Waals surface area contributed by atoms with E-state index in [0.29, 0.717) is 11.3 Å². The number of anilines is 1. The van der Waals surface area contributed by atoms with Crippen LogP contribution < -0.4 is 5.32 Å². The molecule has 0 saturated carbocycles. The van der Waals surface area contributed by atoms with Gasteiger partial charge in [-0.3, -0.25) is 9.59 Å². The van der Waals surface area contributed by atoms with Gasteiger partial charge in [-0.25, -0.2) is 0 Å². The van der Waals surface area contributed by atoms with E-state index in [1.807, 2.05) is 26.0 Å². The van der Waals surface area contributed by atoms with Crippen LogP contribution in [0.1, 0.15) is 47.1 Å². The number of nitrogens with one attached hydrogen (secondary N) is 1. The van der Waals surface area contributed by atoms with Crippen molar-refractivity contribution >= 4 is 23.5 Å². The van der Waals surface area contributed by atoms with E-state index in [-0.39, 0.29) is 17.5 Å². The van der Waals surface area contributed by atoms with Crippen molar-refractivity contribution in [3.05, 3.63) is 58.4 Å². The van der Waals surface area contributed by atoms with E-state index in [1.165, 1.54) is 6.92 Å². The number of amides is 1.